The van der Waals surface area contributed by atoms with Crippen molar-refractivity contribution in [3.05, 3.63) is 103 Å². The number of amides is 3. The topological polar surface area (TPSA) is 82.3 Å². The molecule has 4 N–H and O–H groups in total. The number of carbonyl (C=O) groups is 2. The van der Waals surface area contributed by atoms with Crippen molar-refractivity contribution >= 4 is 17.6 Å². The number of carbonyl (C=O) groups excluding carboxylic acids is 2. The van der Waals surface area contributed by atoms with Crippen molar-refractivity contribution in [3.8, 4) is 11.1 Å². The molecule has 3 amide bonds. The molecule has 176 valence electrons. The number of benzene rings is 3. The van der Waals surface area contributed by atoms with Crippen LogP contribution in [-0.4, -0.2) is 38.1 Å². The van der Waals surface area contributed by atoms with Crippen molar-refractivity contribution in [1.29, 1.82) is 0 Å². The normalized spacial score (nSPS) is 11.7. The van der Waals surface area contributed by atoms with Gasteiger partial charge in [0.1, 0.15) is 0 Å². The van der Waals surface area contributed by atoms with E-state index in [4.69, 9.17) is 0 Å². The maximum absolute atomic E-state index is 12.7. The third kappa shape index (κ3) is 8.56. The molecule has 0 aliphatic heterocycles. The highest BCUT2D eigenvalue weighted by Gasteiger charge is 2.11. The number of anilines is 1. The van der Waals surface area contributed by atoms with E-state index >= 15 is 0 Å². The Bertz CT molecular complexity index is 1050. The van der Waals surface area contributed by atoms with Crippen LogP contribution >= 0.6 is 0 Å². The van der Waals surface area contributed by atoms with Gasteiger partial charge in [0.15, 0.2) is 0 Å². The molecule has 0 fully saturated rings. The molecular formula is C28H32N4O2. The first-order chi connectivity index (χ1) is 16.6. The molecule has 0 saturated heterocycles. The predicted molar refractivity (Wildman–Crippen MR) is 139 cm³/mol. The van der Waals surface area contributed by atoms with Crippen molar-refractivity contribution < 1.29 is 9.59 Å². The number of hydrogen-bond donors (Lipinski definition) is 4. The second kappa shape index (κ2) is 13.6. The zero-order chi connectivity index (χ0) is 24.0. The zero-order valence-corrected chi connectivity index (χ0v) is 19.5. The Morgan fingerprint density at radius 1 is 0.824 bits per heavy atom. The minimum Gasteiger partial charge on any atom is -0.353 e. The van der Waals surface area contributed by atoms with Crippen LogP contribution < -0.4 is 21.3 Å². The summed E-state index contributed by atoms with van der Waals surface area (Å²) in [5, 5.41) is 11.7. The fraction of sp³-hybridized carbons (Fsp3) is 0.214. The molecule has 0 aliphatic carbocycles. The summed E-state index contributed by atoms with van der Waals surface area (Å²) in [4.78, 5) is 24.8. The van der Waals surface area contributed by atoms with Gasteiger partial charge in [-0.1, -0.05) is 78.9 Å². The van der Waals surface area contributed by atoms with Crippen LogP contribution in [0.2, 0.25) is 0 Å². The van der Waals surface area contributed by atoms with Gasteiger partial charge < -0.3 is 21.3 Å². The molecule has 3 aromatic carbocycles. The predicted octanol–water partition coefficient (Wildman–Crippen LogP) is 4.37. The highest BCUT2D eigenvalue weighted by molar-refractivity contribution is 5.90. The minimum atomic E-state index is -0.339. The van der Waals surface area contributed by atoms with Gasteiger partial charge >= 0.3 is 6.03 Å². The molecule has 0 bridgehead atoms. The fourth-order valence-electron chi connectivity index (χ4n) is 3.49. The Kier molecular flexibility index (Phi) is 9.90. The first kappa shape index (κ1) is 24.7. The standard InChI is InChI=1S/C28H32N4O2/c1-29-19-8-20-30-27(33)18-17-26(21-22-9-4-2-5-10-22)32-28(34)31-25-15-13-24(14-16-25)23-11-6-3-7-12-23/h2-7,9-18,26,29H,8,19-21H2,1H3,(H,30,33)(H2,31,32,34)/b18-17+. The zero-order valence-electron chi connectivity index (χ0n) is 19.5. The van der Waals surface area contributed by atoms with Crippen molar-refractivity contribution in [2.45, 2.75) is 18.9 Å². The van der Waals surface area contributed by atoms with E-state index in [1.54, 1.807) is 6.08 Å². The van der Waals surface area contributed by atoms with Crippen molar-refractivity contribution in [1.82, 2.24) is 16.0 Å². The summed E-state index contributed by atoms with van der Waals surface area (Å²) in [6, 6.07) is 27.0. The molecule has 0 saturated carbocycles. The van der Waals surface area contributed by atoms with E-state index in [-0.39, 0.29) is 18.0 Å². The van der Waals surface area contributed by atoms with E-state index in [0.717, 1.165) is 29.7 Å². The summed E-state index contributed by atoms with van der Waals surface area (Å²) < 4.78 is 0. The molecule has 0 aliphatic rings. The van der Waals surface area contributed by atoms with E-state index in [0.29, 0.717) is 18.7 Å². The lowest BCUT2D eigenvalue weighted by Gasteiger charge is -2.16. The molecule has 3 aromatic rings. The molecule has 0 radical (unpaired) electrons. The van der Waals surface area contributed by atoms with Crippen LogP contribution in [0.1, 0.15) is 12.0 Å². The van der Waals surface area contributed by atoms with Gasteiger partial charge in [0.2, 0.25) is 5.91 Å². The average Bonchev–Trinajstić information content (AvgIpc) is 2.87. The molecule has 1 unspecified atom stereocenters. The van der Waals surface area contributed by atoms with E-state index in [1.165, 1.54) is 6.08 Å². The molecule has 0 spiro atoms. The molecule has 34 heavy (non-hydrogen) atoms. The van der Waals surface area contributed by atoms with E-state index in [1.807, 2.05) is 92.0 Å². The van der Waals surface area contributed by atoms with Gasteiger partial charge in [-0.05, 0) is 55.3 Å². The van der Waals surface area contributed by atoms with Crippen LogP contribution in [0.25, 0.3) is 11.1 Å². The van der Waals surface area contributed by atoms with Gasteiger partial charge in [0.05, 0.1) is 6.04 Å². The first-order valence-electron chi connectivity index (χ1n) is 11.5. The third-order valence-electron chi connectivity index (χ3n) is 5.25. The Hall–Kier alpha value is -3.90. The lowest BCUT2D eigenvalue weighted by Crippen LogP contribution is -2.38. The molecule has 0 aromatic heterocycles. The highest BCUT2D eigenvalue weighted by Crippen LogP contribution is 2.21. The maximum atomic E-state index is 12.7. The number of nitrogens with one attached hydrogen (secondary N) is 4. The van der Waals surface area contributed by atoms with Crippen LogP contribution in [0.5, 0.6) is 0 Å². The summed E-state index contributed by atoms with van der Waals surface area (Å²) in [5.41, 5.74) is 3.97. The summed E-state index contributed by atoms with van der Waals surface area (Å²) in [7, 11) is 1.88. The Labute approximate surface area is 201 Å². The van der Waals surface area contributed by atoms with Crippen LogP contribution in [0.4, 0.5) is 10.5 Å². The SMILES string of the molecule is CNCCCNC(=O)/C=C/C(Cc1ccccc1)NC(=O)Nc1ccc(-c2ccccc2)cc1. The van der Waals surface area contributed by atoms with Crippen LogP contribution in [0.15, 0.2) is 97.1 Å². The van der Waals surface area contributed by atoms with Gasteiger partial charge in [-0.15, -0.1) is 0 Å². The first-order valence-corrected chi connectivity index (χ1v) is 11.5. The average molecular weight is 457 g/mol. The van der Waals surface area contributed by atoms with Gasteiger partial charge in [-0.25, -0.2) is 4.79 Å². The van der Waals surface area contributed by atoms with E-state index in [2.05, 4.69) is 21.3 Å². The highest BCUT2D eigenvalue weighted by atomic mass is 16.2. The van der Waals surface area contributed by atoms with Gasteiger partial charge in [-0.2, -0.15) is 0 Å². The second-order valence-electron chi connectivity index (χ2n) is 7.95. The molecule has 3 rings (SSSR count). The number of hydrogen-bond acceptors (Lipinski definition) is 3. The second-order valence-corrected chi connectivity index (χ2v) is 7.95. The molecule has 1 atom stereocenters. The molecule has 6 heteroatoms. The molecule has 0 heterocycles. The summed E-state index contributed by atoms with van der Waals surface area (Å²) >= 11 is 0. The third-order valence-corrected chi connectivity index (χ3v) is 5.25. The van der Waals surface area contributed by atoms with E-state index in [9.17, 15) is 9.59 Å². The van der Waals surface area contributed by atoms with Crippen molar-refractivity contribution in [2.24, 2.45) is 0 Å². The Morgan fingerprint density at radius 2 is 1.47 bits per heavy atom. The van der Waals surface area contributed by atoms with Crippen LogP contribution in [0, 0.1) is 0 Å². The quantitative estimate of drug-likeness (QED) is 0.255. The summed E-state index contributed by atoms with van der Waals surface area (Å²) in [6.07, 6.45) is 4.65. The van der Waals surface area contributed by atoms with Gasteiger partial charge in [0, 0.05) is 18.3 Å². The summed E-state index contributed by atoms with van der Waals surface area (Å²) in [5.74, 6) is -0.173. The number of urea groups is 1. The largest absolute Gasteiger partial charge is 0.353 e. The fourth-order valence-corrected chi connectivity index (χ4v) is 3.49. The van der Waals surface area contributed by atoms with Crippen LogP contribution in [-0.2, 0) is 11.2 Å². The van der Waals surface area contributed by atoms with E-state index < -0.39 is 0 Å². The Balaban J connectivity index is 1.59. The summed E-state index contributed by atoms with van der Waals surface area (Å²) in [6.45, 7) is 1.44. The van der Waals surface area contributed by atoms with Crippen LogP contribution in [0.3, 0.4) is 0 Å². The monoisotopic (exact) mass is 456 g/mol. The van der Waals surface area contributed by atoms with Crippen molar-refractivity contribution in [2.75, 3.05) is 25.5 Å². The van der Waals surface area contributed by atoms with Gasteiger partial charge in [-0.3, -0.25) is 4.79 Å². The minimum absolute atomic E-state index is 0.173. The smallest absolute Gasteiger partial charge is 0.319 e. The lowest BCUT2D eigenvalue weighted by atomic mass is 10.1. The molecule has 6 nitrogen and oxygen atoms in total. The lowest BCUT2D eigenvalue weighted by molar-refractivity contribution is -0.116. The van der Waals surface area contributed by atoms with Crippen molar-refractivity contribution in [3.63, 3.8) is 0 Å². The maximum Gasteiger partial charge on any atom is 0.319 e. The van der Waals surface area contributed by atoms with Gasteiger partial charge in [0.25, 0.3) is 0 Å². The molecular weight excluding hydrogens is 424 g/mol. The Morgan fingerprint density at radius 3 is 2.15 bits per heavy atom. The number of rotatable bonds is 11.